The Balaban J connectivity index is 0.000000203. The van der Waals surface area contributed by atoms with E-state index in [2.05, 4.69) is 337 Å². The lowest BCUT2D eigenvalue weighted by atomic mass is 9.96. The van der Waals surface area contributed by atoms with Gasteiger partial charge in [-0.25, -0.2) is 0 Å². The first-order valence-corrected chi connectivity index (χ1v) is 49.1. The lowest BCUT2D eigenvalue weighted by Gasteiger charge is -2.46. The van der Waals surface area contributed by atoms with Crippen molar-refractivity contribution < 1.29 is 18.9 Å². The number of rotatable bonds is 23. The van der Waals surface area contributed by atoms with E-state index in [1.54, 1.807) is 0 Å². The van der Waals surface area contributed by atoms with Gasteiger partial charge in [0.15, 0.2) is 0 Å². The first-order chi connectivity index (χ1) is 53.7. The lowest BCUT2D eigenvalue weighted by molar-refractivity contribution is 0.304. The van der Waals surface area contributed by atoms with Crippen LogP contribution in [-0.4, -0.2) is 26.4 Å². The van der Waals surface area contributed by atoms with Crippen molar-refractivity contribution in [2.24, 2.45) is 0 Å². The molecule has 4 unspecified atom stereocenters. The molecule has 18 rings (SSSR count). The summed E-state index contributed by atoms with van der Waals surface area (Å²) in [5.74, 6) is 3.79. The van der Waals surface area contributed by atoms with Crippen molar-refractivity contribution in [3.05, 3.63) is 235 Å². The molecule has 4 aromatic heterocycles. The van der Waals surface area contributed by atoms with Crippen LogP contribution in [0, 0.1) is 0 Å². The fraction of sp³-hybridized carbons (Fsp3) is 0.333. The minimum atomic E-state index is -0.251. The van der Waals surface area contributed by atoms with Gasteiger partial charge in [0.25, 0.3) is 0 Å². The molecule has 8 heterocycles. The van der Waals surface area contributed by atoms with E-state index in [1.807, 2.05) is 86.9 Å². The van der Waals surface area contributed by atoms with Crippen LogP contribution < -0.4 is 18.9 Å². The lowest BCUT2D eigenvalue weighted by Crippen LogP contribution is -2.38. The second kappa shape index (κ2) is 40.1. The number of fused-ring (bicyclic) bond motifs is 16. The summed E-state index contributed by atoms with van der Waals surface area (Å²) < 4.78 is 23.2. The molecule has 0 N–H and O–H groups in total. The second-order valence-corrected chi connectivity index (χ2v) is 41.2. The molecule has 4 spiro atoms. The highest BCUT2D eigenvalue weighted by molar-refractivity contribution is 8.27. The SMILES string of the molecule is C.C.C.CC.CC.CC.CCCCCCCOc1ccc(-c2ccc3c(c2)SC2(S3)c3sccc3-c3ccsc3C23Sc2ccc(-c4ccc(OCCCC)cc4)cc2S3)cc1.CCCCOc1ccc(-c2cccc3c2SC2(S3)c3sccc3-c3ccsc3C23Sc2cccc(-c4ccc(OCCCC)cc4)c2S3)cc1. The largest absolute Gasteiger partial charge is 0.494 e. The Hall–Kier alpha value is -5.44. The first kappa shape index (κ1) is 87.4. The van der Waals surface area contributed by atoms with E-state index >= 15 is 0 Å². The van der Waals surface area contributed by atoms with E-state index in [1.165, 1.54) is 151 Å². The number of thioether (sulfide) groups is 8. The molecule has 0 saturated carbocycles. The van der Waals surface area contributed by atoms with E-state index in [0.29, 0.717) is 0 Å². The third kappa shape index (κ3) is 16.9. The molecule has 588 valence electrons. The molecule has 0 fully saturated rings. The van der Waals surface area contributed by atoms with E-state index in [0.717, 1.165) is 94.4 Å². The summed E-state index contributed by atoms with van der Waals surface area (Å²) in [5, 5.41) is 9.23. The van der Waals surface area contributed by atoms with Crippen LogP contribution in [0.25, 0.3) is 66.8 Å². The maximum absolute atomic E-state index is 6.09. The van der Waals surface area contributed by atoms with Crippen LogP contribution in [0.15, 0.2) is 255 Å². The summed E-state index contributed by atoms with van der Waals surface area (Å²) in [7, 11) is 0. The fourth-order valence-electron chi connectivity index (χ4n) is 14.3. The van der Waals surface area contributed by atoms with Crippen molar-refractivity contribution in [3.8, 4) is 89.8 Å². The predicted molar refractivity (Wildman–Crippen MR) is 506 cm³/mol. The average molecular weight is 1710 g/mol. The van der Waals surface area contributed by atoms with Gasteiger partial charge >= 0.3 is 0 Å². The van der Waals surface area contributed by atoms with Gasteiger partial charge in [0, 0.05) is 58.7 Å². The highest BCUT2D eigenvalue weighted by Crippen LogP contribution is 2.85. The summed E-state index contributed by atoms with van der Waals surface area (Å²) in [6.45, 7) is 23.9. The number of benzene rings is 8. The second-order valence-electron chi connectivity index (χ2n) is 26.5. The number of unbranched alkanes of at least 4 members (excludes halogenated alkanes) is 7. The number of hydrogen-bond acceptors (Lipinski definition) is 16. The minimum absolute atomic E-state index is 0. The molecule has 0 radical (unpaired) electrons. The Bertz CT molecular complexity index is 4860. The quantitative estimate of drug-likeness (QED) is 0.0573. The van der Waals surface area contributed by atoms with Crippen LogP contribution in [0.1, 0.15) is 182 Å². The van der Waals surface area contributed by atoms with Crippen LogP contribution in [0.3, 0.4) is 0 Å². The number of ether oxygens (including phenoxy) is 4. The molecule has 4 aliphatic heterocycles. The highest BCUT2D eigenvalue weighted by atomic mass is 32.2. The van der Waals surface area contributed by atoms with Crippen LogP contribution in [-0.2, 0) is 16.3 Å². The molecule has 112 heavy (non-hydrogen) atoms. The highest BCUT2D eigenvalue weighted by Gasteiger charge is 2.68. The standard InChI is InChI=1S/C45H42O2S6.C42H36O2S6.3C2H6.3CH4/c1-3-5-7-8-9-25-47-35-18-12-31(13-19-35)33-15-21-39-41(29-33)53-45(51-39)43-37(23-27-49-43)36-22-26-48-42(36)44(45)50-38-20-14-32(28-40(38)52-44)30-10-16-34(17-11-30)46-24-6-4-2;1-3-5-23-43-29-17-13-27(14-18-29)31-9-7-11-35-37(31)49-41(47-35)39-33(21-25-45-39)34-22-26-46-40(34)42(41)48-36-12-8-10-32(38(36)50-42)28-15-19-30(20-16-28)44-24-6-4-2;3*1-2;;;/h10-23,26-29H,3-9,24-25H2,1-2H3;7-22,25-26H,3-6,23-24H2,1-2H3;3*1-2H3;3*1H4. The van der Waals surface area contributed by atoms with Crippen molar-refractivity contribution >= 4 is 139 Å². The van der Waals surface area contributed by atoms with Crippen LogP contribution in [0.2, 0.25) is 0 Å². The minimum Gasteiger partial charge on any atom is -0.494 e. The van der Waals surface area contributed by atoms with Gasteiger partial charge in [-0.05, 0) is 223 Å². The van der Waals surface area contributed by atoms with Gasteiger partial charge in [-0.15, -0.1) is 45.3 Å². The third-order valence-electron chi connectivity index (χ3n) is 19.7. The van der Waals surface area contributed by atoms with Crippen molar-refractivity contribution in [2.75, 3.05) is 26.4 Å². The fourth-order valence-corrected chi connectivity index (χ4v) is 35.5. The smallest absolute Gasteiger partial charge is 0.134 e. The molecule has 16 heteroatoms. The molecule has 2 aliphatic carbocycles. The third-order valence-corrected chi connectivity index (χ3v) is 39.5. The molecular weight excluding hydrogens is 1600 g/mol. The molecule has 4 nitrogen and oxygen atoms in total. The molecule has 0 bridgehead atoms. The van der Waals surface area contributed by atoms with Crippen molar-refractivity contribution in [1.29, 1.82) is 0 Å². The average Bonchev–Trinajstić information content (AvgIpc) is 1.51. The van der Waals surface area contributed by atoms with Crippen LogP contribution >= 0.6 is 139 Å². The van der Waals surface area contributed by atoms with Gasteiger partial charge < -0.3 is 18.9 Å². The summed E-state index contributed by atoms with van der Waals surface area (Å²) in [4.78, 5) is 16.9. The zero-order valence-corrected chi connectivity index (χ0v) is 73.7. The van der Waals surface area contributed by atoms with E-state index in [9.17, 15) is 0 Å². The van der Waals surface area contributed by atoms with Crippen LogP contribution in [0.5, 0.6) is 23.0 Å². The molecule has 12 aromatic rings. The maximum atomic E-state index is 6.09. The number of thiophene rings is 4. The Kier molecular flexibility index (Phi) is 31.3. The topological polar surface area (TPSA) is 36.9 Å². The summed E-state index contributed by atoms with van der Waals surface area (Å²) >= 11 is 24.4. The Morgan fingerprint density at radius 2 is 0.518 bits per heavy atom. The van der Waals surface area contributed by atoms with E-state index in [-0.39, 0.29) is 38.6 Å². The van der Waals surface area contributed by atoms with Gasteiger partial charge in [-0.1, -0.05) is 315 Å². The van der Waals surface area contributed by atoms with Gasteiger partial charge in [-0.3, -0.25) is 0 Å². The summed E-state index contributed by atoms with van der Waals surface area (Å²) in [6.07, 6.45) is 12.9. The molecule has 6 aliphatic rings. The summed E-state index contributed by atoms with van der Waals surface area (Å²) in [6, 6.07) is 72.2. The number of hydrogen-bond donors (Lipinski definition) is 0. The van der Waals surface area contributed by atoms with Gasteiger partial charge in [-0.2, -0.15) is 0 Å². The monoisotopic (exact) mass is 1710 g/mol. The van der Waals surface area contributed by atoms with E-state index in [4.69, 9.17) is 18.9 Å². The van der Waals surface area contributed by atoms with Gasteiger partial charge in [0.2, 0.25) is 0 Å². The van der Waals surface area contributed by atoms with Gasteiger partial charge in [0.05, 0.1) is 26.4 Å². The van der Waals surface area contributed by atoms with Crippen molar-refractivity contribution in [2.45, 2.75) is 218 Å². The van der Waals surface area contributed by atoms with E-state index < -0.39 is 0 Å². The first-order valence-electron chi connectivity index (χ1n) is 39.1. The van der Waals surface area contributed by atoms with Gasteiger partial charge in [0.1, 0.15) is 39.3 Å². The Morgan fingerprint density at radius 1 is 0.241 bits per heavy atom. The zero-order valence-electron chi connectivity index (χ0n) is 63.9. The molecule has 0 saturated heterocycles. The summed E-state index contributed by atoms with van der Waals surface area (Å²) in [5.41, 5.74) is 15.7. The normalized spacial score (nSPS) is 18.1. The van der Waals surface area contributed by atoms with Crippen molar-refractivity contribution in [3.63, 3.8) is 0 Å². The van der Waals surface area contributed by atoms with Crippen LogP contribution in [0.4, 0.5) is 0 Å². The Morgan fingerprint density at radius 3 is 0.848 bits per heavy atom. The van der Waals surface area contributed by atoms with Crippen molar-refractivity contribution in [1.82, 2.24) is 0 Å². The molecular formula is C96H108O4S12. The predicted octanol–water partition coefficient (Wildman–Crippen LogP) is 34.7. The maximum Gasteiger partial charge on any atom is 0.134 e. The molecule has 8 aromatic carbocycles. The Labute approximate surface area is 720 Å². The zero-order chi connectivity index (χ0) is 75.5. The molecule has 0 amide bonds. The molecule has 4 atom stereocenters.